The van der Waals surface area contributed by atoms with Crippen LogP contribution >= 0.6 is 15.9 Å². The Kier molecular flexibility index (Phi) is 5.12. The van der Waals surface area contributed by atoms with Gasteiger partial charge in [0.15, 0.2) is 0 Å². The summed E-state index contributed by atoms with van der Waals surface area (Å²) in [6.45, 7) is 3.66. The topological polar surface area (TPSA) is 48.5 Å². The molecular formula is C17H19BrN4O. The summed E-state index contributed by atoms with van der Waals surface area (Å²) < 4.78 is 1.09. The number of anilines is 1. The van der Waals surface area contributed by atoms with Crippen LogP contribution in [0.3, 0.4) is 0 Å². The maximum absolute atomic E-state index is 12.3. The van der Waals surface area contributed by atoms with Gasteiger partial charge in [-0.3, -0.25) is 4.98 Å². The monoisotopic (exact) mass is 374 g/mol. The Morgan fingerprint density at radius 1 is 1.09 bits per heavy atom. The van der Waals surface area contributed by atoms with Crippen LogP contribution in [0.5, 0.6) is 0 Å². The fourth-order valence-corrected chi connectivity index (χ4v) is 3.18. The Morgan fingerprint density at radius 3 is 2.48 bits per heavy atom. The van der Waals surface area contributed by atoms with Gasteiger partial charge in [0.25, 0.3) is 0 Å². The van der Waals surface area contributed by atoms with E-state index >= 15 is 0 Å². The third kappa shape index (κ3) is 4.01. The second kappa shape index (κ2) is 7.46. The maximum atomic E-state index is 12.3. The first-order valence-electron chi connectivity index (χ1n) is 7.65. The molecule has 2 aromatic rings. The number of halogens is 1. The normalized spacial score (nSPS) is 14.7. The van der Waals surface area contributed by atoms with Crippen molar-refractivity contribution in [2.75, 3.05) is 31.1 Å². The van der Waals surface area contributed by atoms with Gasteiger partial charge in [-0.2, -0.15) is 0 Å². The predicted molar refractivity (Wildman–Crippen MR) is 94.4 cm³/mol. The van der Waals surface area contributed by atoms with Crippen LogP contribution in [0.25, 0.3) is 0 Å². The number of urea groups is 1. The van der Waals surface area contributed by atoms with Crippen LogP contribution in [-0.2, 0) is 6.54 Å². The summed E-state index contributed by atoms with van der Waals surface area (Å²) in [5.41, 5.74) is 2.24. The summed E-state index contributed by atoms with van der Waals surface area (Å²) in [4.78, 5) is 20.4. The molecule has 6 heteroatoms. The zero-order chi connectivity index (χ0) is 16.1. The standard InChI is InChI=1S/C17H19BrN4O/c18-15-3-1-2-4-16(15)21-9-11-22(12-10-21)17(23)20-13-14-5-7-19-8-6-14/h1-8H,9-13H2,(H,20,23). The zero-order valence-electron chi connectivity index (χ0n) is 12.8. The molecule has 1 saturated heterocycles. The lowest BCUT2D eigenvalue weighted by Gasteiger charge is -2.36. The van der Waals surface area contributed by atoms with Gasteiger partial charge in [-0.1, -0.05) is 12.1 Å². The summed E-state index contributed by atoms with van der Waals surface area (Å²) in [7, 11) is 0. The van der Waals surface area contributed by atoms with Crippen LogP contribution in [0.15, 0.2) is 53.3 Å². The molecule has 1 aliphatic heterocycles. The second-order valence-corrected chi connectivity index (χ2v) is 6.29. The first kappa shape index (κ1) is 15.8. The molecule has 0 saturated carbocycles. The van der Waals surface area contributed by atoms with Crippen LogP contribution in [0.4, 0.5) is 10.5 Å². The summed E-state index contributed by atoms with van der Waals surface area (Å²) >= 11 is 3.59. The molecule has 2 heterocycles. The number of hydrogen-bond acceptors (Lipinski definition) is 3. The van der Waals surface area contributed by atoms with Gasteiger partial charge < -0.3 is 15.1 Å². The Bertz CT molecular complexity index is 657. The number of hydrogen-bond donors (Lipinski definition) is 1. The van der Waals surface area contributed by atoms with Crippen molar-refractivity contribution in [1.29, 1.82) is 0 Å². The van der Waals surface area contributed by atoms with Crippen LogP contribution in [0, 0.1) is 0 Å². The molecular weight excluding hydrogens is 356 g/mol. The number of pyridine rings is 1. The number of rotatable bonds is 3. The number of nitrogens with zero attached hydrogens (tertiary/aromatic N) is 3. The van der Waals surface area contributed by atoms with Crippen LogP contribution < -0.4 is 10.2 Å². The highest BCUT2D eigenvalue weighted by Gasteiger charge is 2.21. The second-order valence-electron chi connectivity index (χ2n) is 5.44. The molecule has 0 atom stereocenters. The number of piperazine rings is 1. The van der Waals surface area contributed by atoms with E-state index in [4.69, 9.17) is 0 Å². The smallest absolute Gasteiger partial charge is 0.317 e. The third-order valence-corrected chi connectivity index (χ3v) is 4.62. The van der Waals surface area contributed by atoms with Gasteiger partial charge in [-0.05, 0) is 45.8 Å². The quantitative estimate of drug-likeness (QED) is 0.898. The van der Waals surface area contributed by atoms with E-state index in [0.717, 1.165) is 36.2 Å². The number of carbonyl (C=O) groups is 1. The minimum atomic E-state index is -0.00594. The van der Waals surface area contributed by atoms with Crippen molar-refractivity contribution < 1.29 is 4.79 Å². The molecule has 1 fully saturated rings. The fraction of sp³-hybridized carbons (Fsp3) is 0.294. The molecule has 23 heavy (non-hydrogen) atoms. The van der Waals surface area contributed by atoms with Crippen LogP contribution in [0.1, 0.15) is 5.56 Å². The molecule has 1 aromatic carbocycles. The minimum Gasteiger partial charge on any atom is -0.367 e. The van der Waals surface area contributed by atoms with Crippen molar-refractivity contribution in [2.45, 2.75) is 6.54 Å². The Labute approximate surface area is 144 Å². The van der Waals surface area contributed by atoms with E-state index in [1.54, 1.807) is 12.4 Å². The Morgan fingerprint density at radius 2 is 1.78 bits per heavy atom. The van der Waals surface area contributed by atoms with Gasteiger partial charge in [-0.25, -0.2) is 4.79 Å². The van der Waals surface area contributed by atoms with E-state index in [1.165, 1.54) is 5.69 Å². The zero-order valence-corrected chi connectivity index (χ0v) is 14.4. The number of amides is 2. The number of aromatic nitrogens is 1. The average molecular weight is 375 g/mol. The van der Waals surface area contributed by atoms with E-state index < -0.39 is 0 Å². The van der Waals surface area contributed by atoms with E-state index in [9.17, 15) is 4.79 Å². The molecule has 1 aromatic heterocycles. The molecule has 120 valence electrons. The largest absolute Gasteiger partial charge is 0.367 e. The lowest BCUT2D eigenvalue weighted by atomic mass is 10.2. The van der Waals surface area contributed by atoms with E-state index in [2.05, 4.69) is 37.2 Å². The molecule has 2 amide bonds. The highest BCUT2D eigenvalue weighted by Crippen LogP contribution is 2.26. The van der Waals surface area contributed by atoms with Gasteiger partial charge >= 0.3 is 6.03 Å². The van der Waals surface area contributed by atoms with Crippen LogP contribution in [0.2, 0.25) is 0 Å². The molecule has 5 nitrogen and oxygen atoms in total. The van der Waals surface area contributed by atoms with Crippen molar-refractivity contribution >= 4 is 27.6 Å². The third-order valence-electron chi connectivity index (χ3n) is 3.95. The fourth-order valence-electron chi connectivity index (χ4n) is 2.65. The lowest BCUT2D eigenvalue weighted by Crippen LogP contribution is -2.51. The van der Waals surface area contributed by atoms with Crippen LogP contribution in [-0.4, -0.2) is 42.1 Å². The van der Waals surface area contributed by atoms with Crippen molar-refractivity contribution in [1.82, 2.24) is 15.2 Å². The predicted octanol–water partition coefficient (Wildman–Crippen LogP) is 2.88. The van der Waals surface area contributed by atoms with E-state index in [1.807, 2.05) is 35.2 Å². The van der Waals surface area contributed by atoms with Gasteiger partial charge in [0, 0.05) is 49.6 Å². The molecule has 0 aliphatic carbocycles. The van der Waals surface area contributed by atoms with Crippen molar-refractivity contribution in [3.8, 4) is 0 Å². The first-order valence-corrected chi connectivity index (χ1v) is 8.44. The molecule has 0 radical (unpaired) electrons. The lowest BCUT2D eigenvalue weighted by molar-refractivity contribution is 0.194. The Hall–Kier alpha value is -2.08. The molecule has 1 aliphatic rings. The molecule has 3 rings (SSSR count). The summed E-state index contributed by atoms with van der Waals surface area (Å²) in [5.74, 6) is 0. The number of carbonyl (C=O) groups excluding carboxylic acids is 1. The van der Waals surface area contributed by atoms with Gasteiger partial charge in [0.05, 0.1) is 5.69 Å². The summed E-state index contributed by atoms with van der Waals surface area (Å²) in [6, 6.07) is 12.0. The van der Waals surface area contributed by atoms with Crippen molar-refractivity contribution in [2.24, 2.45) is 0 Å². The van der Waals surface area contributed by atoms with Gasteiger partial charge in [-0.15, -0.1) is 0 Å². The Balaban J connectivity index is 1.50. The SMILES string of the molecule is O=C(NCc1ccncc1)N1CCN(c2ccccc2Br)CC1. The minimum absolute atomic E-state index is 0.00594. The molecule has 0 bridgehead atoms. The summed E-state index contributed by atoms with van der Waals surface area (Å²) in [5, 5.41) is 2.97. The number of para-hydroxylation sites is 1. The van der Waals surface area contributed by atoms with Crippen molar-refractivity contribution in [3.63, 3.8) is 0 Å². The highest BCUT2D eigenvalue weighted by molar-refractivity contribution is 9.10. The molecule has 0 spiro atoms. The van der Waals surface area contributed by atoms with E-state index in [0.29, 0.717) is 6.54 Å². The maximum Gasteiger partial charge on any atom is 0.317 e. The van der Waals surface area contributed by atoms with Crippen molar-refractivity contribution in [3.05, 3.63) is 58.8 Å². The van der Waals surface area contributed by atoms with Gasteiger partial charge in [0.2, 0.25) is 0 Å². The summed E-state index contributed by atoms with van der Waals surface area (Å²) in [6.07, 6.45) is 3.47. The van der Waals surface area contributed by atoms with E-state index in [-0.39, 0.29) is 6.03 Å². The number of nitrogens with one attached hydrogen (secondary N) is 1. The molecule has 0 unspecified atom stereocenters. The highest BCUT2D eigenvalue weighted by atomic mass is 79.9. The average Bonchev–Trinajstić information content (AvgIpc) is 2.61. The first-order chi connectivity index (χ1) is 11.2. The molecule has 1 N–H and O–H groups in total. The van der Waals surface area contributed by atoms with Gasteiger partial charge in [0.1, 0.15) is 0 Å². The number of benzene rings is 1.